The van der Waals surface area contributed by atoms with Crippen LogP contribution >= 0.6 is 0 Å². The van der Waals surface area contributed by atoms with E-state index in [0.717, 1.165) is 24.0 Å². The Kier molecular flexibility index (Phi) is 12.6. The predicted molar refractivity (Wildman–Crippen MR) is 194 cm³/mol. The van der Waals surface area contributed by atoms with Crippen LogP contribution in [0.1, 0.15) is 77.7 Å². The number of hydrogen-bond donors (Lipinski definition) is 1. The molecule has 2 aromatic rings. The van der Waals surface area contributed by atoms with Crippen LogP contribution in [-0.2, 0) is 44.4 Å². The van der Waals surface area contributed by atoms with Crippen LogP contribution < -0.4 is 0 Å². The van der Waals surface area contributed by atoms with Gasteiger partial charge in [0.05, 0.1) is 19.3 Å². The summed E-state index contributed by atoms with van der Waals surface area (Å²) in [7, 11) is -0.548. The highest BCUT2D eigenvalue weighted by molar-refractivity contribution is 6.74. The fourth-order valence-electron chi connectivity index (χ4n) is 7.59. The van der Waals surface area contributed by atoms with Crippen molar-refractivity contribution < 1.29 is 43.0 Å². The summed E-state index contributed by atoms with van der Waals surface area (Å²) in [6.07, 6.45) is 1.44. The zero-order chi connectivity index (χ0) is 36.2. The van der Waals surface area contributed by atoms with Crippen molar-refractivity contribution in [1.82, 2.24) is 0 Å². The first-order valence-corrected chi connectivity index (χ1v) is 20.9. The highest BCUT2D eigenvalue weighted by atomic mass is 28.4. The van der Waals surface area contributed by atoms with Gasteiger partial charge in [-0.05, 0) is 54.8 Å². The van der Waals surface area contributed by atoms with Crippen LogP contribution in [0.4, 0.5) is 0 Å². The van der Waals surface area contributed by atoms with Crippen LogP contribution in [0.2, 0.25) is 18.1 Å². The quantitative estimate of drug-likeness (QED) is 0.0724. The molecule has 0 aromatic heterocycles. The van der Waals surface area contributed by atoms with Gasteiger partial charge in [-0.3, -0.25) is 10.1 Å². The molecule has 276 valence electrons. The normalized spacial score (nSPS) is 31.4. The van der Waals surface area contributed by atoms with Gasteiger partial charge in [-0.15, -0.1) is 0 Å². The number of fused-ring (bicyclic) bond motifs is 2. The molecule has 5 rings (SSSR count). The number of Topliss-reactive ketones (excluding diaryl/α,β-unsaturated/α-hetero) is 1. The fourth-order valence-corrected chi connectivity index (χ4v) is 8.65. The molecule has 0 spiro atoms. The molecule has 0 radical (unpaired) electrons. The number of ketones is 1. The zero-order valence-corrected chi connectivity index (χ0v) is 32.2. The van der Waals surface area contributed by atoms with Gasteiger partial charge in [-0.25, -0.2) is 4.89 Å². The van der Waals surface area contributed by atoms with Crippen molar-refractivity contribution in [3.63, 3.8) is 0 Å². The third kappa shape index (κ3) is 8.35. The van der Waals surface area contributed by atoms with E-state index in [4.69, 9.17) is 33.0 Å². The Morgan fingerprint density at radius 1 is 1.02 bits per heavy atom. The summed E-state index contributed by atoms with van der Waals surface area (Å²) in [5.41, 5.74) is 1.69. The van der Waals surface area contributed by atoms with Crippen molar-refractivity contribution >= 4 is 14.1 Å². The molecule has 2 fully saturated rings. The van der Waals surface area contributed by atoms with E-state index in [-0.39, 0.29) is 42.0 Å². The van der Waals surface area contributed by atoms with E-state index in [1.165, 1.54) is 12.7 Å². The van der Waals surface area contributed by atoms with Crippen molar-refractivity contribution in [2.24, 2.45) is 17.3 Å². The maximum atomic E-state index is 14.3. The summed E-state index contributed by atoms with van der Waals surface area (Å²) in [4.78, 5) is 19.3. The van der Waals surface area contributed by atoms with Gasteiger partial charge in [0, 0.05) is 31.1 Å². The molecule has 10 heteroatoms. The molecule has 1 saturated carbocycles. The average molecular weight is 711 g/mol. The summed E-state index contributed by atoms with van der Waals surface area (Å²) in [5.74, 6) is -0.861. The van der Waals surface area contributed by atoms with Crippen molar-refractivity contribution in [3.05, 3.63) is 83.4 Å². The Bertz CT molecular complexity index is 1420. The van der Waals surface area contributed by atoms with Crippen molar-refractivity contribution in [1.29, 1.82) is 0 Å². The summed E-state index contributed by atoms with van der Waals surface area (Å²) >= 11 is 0. The lowest BCUT2D eigenvalue weighted by atomic mass is 9.73. The molecular weight excluding hydrogens is 653 g/mol. The van der Waals surface area contributed by atoms with Gasteiger partial charge in [0.2, 0.25) is 0 Å². The molecule has 50 heavy (non-hydrogen) atoms. The van der Waals surface area contributed by atoms with Gasteiger partial charge in [0.1, 0.15) is 18.5 Å². The Hall–Kier alpha value is -2.25. The van der Waals surface area contributed by atoms with Crippen LogP contribution in [0, 0.1) is 17.3 Å². The summed E-state index contributed by atoms with van der Waals surface area (Å²) in [5, 5.41) is 10.4. The lowest BCUT2D eigenvalue weighted by Gasteiger charge is -2.50. The first-order valence-electron chi connectivity index (χ1n) is 18.0. The Morgan fingerprint density at radius 2 is 1.70 bits per heavy atom. The van der Waals surface area contributed by atoms with E-state index in [2.05, 4.69) is 53.8 Å². The molecule has 1 heterocycles. The van der Waals surface area contributed by atoms with Gasteiger partial charge >= 0.3 is 0 Å². The van der Waals surface area contributed by atoms with E-state index in [1.807, 2.05) is 60.7 Å². The molecule has 0 unspecified atom stereocenters. The molecule has 9 nitrogen and oxygen atoms in total. The number of ether oxygens (including phenoxy) is 5. The summed E-state index contributed by atoms with van der Waals surface area (Å²) in [6, 6.07) is 20.0. The third-order valence-corrected chi connectivity index (χ3v) is 16.3. The number of allylic oxidation sites excluding steroid dienone is 1. The Balaban J connectivity index is 1.60. The topological polar surface area (TPSA) is 102 Å². The molecule has 2 bridgehead atoms. The van der Waals surface area contributed by atoms with E-state index in [0.29, 0.717) is 19.6 Å². The maximum Gasteiger partial charge on any atom is 0.193 e. The van der Waals surface area contributed by atoms with Gasteiger partial charge < -0.3 is 28.1 Å². The molecule has 3 aliphatic rings. The van der Waals surface area contributed by atoms with Crippen molar-refractivity contribution in [3.8, 4) is 0 Å². The number of carbonyl (C=O) groups is 1. The molecule has 1 N–H and O–H groups in total. The van der Waals surface area contributed by atoms with E-state index >= 15 is 0 Å². The molecule has 1 aliphatic heterocycles. The lowest BCUT2D eigenvalue weighted by Crippen LogP contribution is -2.60. The minimum atomic E-state index is -2.09. The van der Waals surface area contributed by atoms with Gasteiger partial charge in [-0.2, -0.15) is 0 Å². The second-order valence-corrected chi connectivity index (χ2v) is 21.0. The van der Waals surface area contributed by atoms with E-state index in [1.54, 1.807) is 0 Å². The van der Waals surface area contributed by atoms with Crippen LogP contribution in [0.3, 0.4) is 0 Å². The maximum absolute atomic E-state index is 14.3. The number of hydrogen-bond acceptors (Lipinski definition) is 9. The number of methoxy groups -OCH3 is 1. The highest BCUT2D eigenvalue weighted by Crippen LogP contribution is 2.53. The SMILES string of the molecule is COCO[C@H]1C(=O)[C@H](OO)C[C@@H]([C@]2(OCc3ccccc3)CO[C@@H](c3ccccc3)O[C@H]2CCO[Si](C)(C)C(C)(C)C)/C=C2/CC[C@H]1C2(C)C. The molecule has 2 aliphatic carbocycles. The first kappa shape index (κ1) is 39.0. The fraction of sp³-hybridized carbons (Fsp3) is 0.625. The zero-order valence-electron chi connectivity index (χ0n) is 31.2. The Labute approximate surface area is 299 Å². The van der Waals surface area contributed by atoms with E-state index < -0.39 is 44.4 Å². The highest BCUT2D eigenvalue weighted by Gasteiger charge is 2.56. The number of rotatable bonds is 13. The van der Waals surface area contributed by atoms with Gasteiger partial charge in [-0.1, -0.05) is 107 Å². The number of carbonyl (C=O) groups excluding carboxylic acids is 1. The Morgan fingerprint density at radius 3 is 2.34 bits per heavy atom. The van der Waals surface area contributed by atoms with Crippen molar-refractivity contribution in [2.75, 3.05) is 27.1 Å². The van der Waals surface area contributed by atoms with Crippen LogP contribution in [0.15, 0.2) is 72.3 Å². The lowest BCUT2D eigenvalue weighted by molar-refractivity contribution is -0.325. The molecule has 1 saturated heterocycles. The minimum Gasteiger partial charge on any atom is -0.417 e. The van der Waals surface area contributed by atoms with Crippen LogP contribution in [0.25, 0.3) is 0 Å². The molecular formula is C40H58O9Si. The van der Waals surface area contributed by atoms with Crippen LogP contribution in [0.5, 0.6) is 0 Å². The van der Waals surface area contributed by atoms with Gasteiger partial charge in [0.25, 0.3) is 0 Å². The predicted octanol–water partition coefficient (Wildman–Crippen LogP) is 8.27. The largest absolute Gasteiger partial charge is 0.417 e. The van der Waals surface area contributed by atoms with Crippen LogP contribution in [-0.4, -0.2) is 70.4 Å². The summed E-state index contributed by atoms with van der Waals surface area (Å²) < 4.78 is 38.8. The third-order valence-electron chi connectivity index (χ3n) is 11.8. The monoisotopic (exact) mass is 710 g/mol. The summed E-state index contributed by atoms with van der Waals surface area (Å²) in [6.45, 7) is 16.5. The second kappa shape index (κ2) is 16.2. The standard InChI is InChI=1S/C40H58O9Si/c1-38(2,3)50(7,8)47-22-21-34-40(46-25-28-15-11-9-12-16-28,26-44-37(48-34)29-17-13-10-14-18-29)31-23-30-19-20-32(39(30,4)5)36(45-27-43-6)35(41)33(24-31)49-42/h9-18,23,31-34,36-37,42H,19-22,24-27H2,1-8H3/b30-23-/t31-,32+,33+,34-,36+,37+,40+/m0/s1. The van der Waals surface area contributed by atoms with E-state index in [9.17, 15) is 10.1 Å². The smallest absolute Gasteiger partial charge is 0.193 e. The molecule has 2 aromatic carbocycles. The first-order chi connectivity index (χ1) is 23.7. The minimum absolute atomic E-state index is 0.0351. The van der Waals surface area contributed by atoms with Crippen molar-refractivity contribution in [2.45, 2.75) is 115 Å². The molecule has 0 amide bonds. The average Bonchev–Trinajstić information content (AvgIpc) is 3.39. The van der Waals surface area contributed by atoms with Gasteiger partial charge in [0.15, 0.2) is 26.5 Å². The molecule has 7 atom stereocenters. The number of benzene rings is 2. The second-order valence-electron chi connectivity index (χ2n) is 16.2.